The van der Waals surface area contributed by atoms with Crippen molar-refractivity contribution in [3.8, 4) is 0 Å². The third-order valence-electron chi connectivity index (χ3n) is 5.05. The molecular formula is C20H27N3O4. The van der Waals surface area contributed by atoms with Crippen molar-refractivity contribution >= 4 is 5.91 Å². The van der Waals surface area contributed by atoms with Crippen LogP contribution in [-0.4, -0.2) is 49.6 Å². The highest BCUT2D eigenvalue weighted by Crippen LogP contribution is 2.33. The van der Waals surface area contributed by atoms with Crippen molar-refractivity contribution in [3.63, 3.8) is 0 Å². The van der Waals surface area contributed by atoms with Crippen LogP contribution in [0.4, 0.5) is 0 Å². The Morgan fingerprint density at radius 1 is 1.19 bits per heavy atom. The van der Waals surface area contributed by atoms with Gasteiger partial charge >= 0.3 is 0 Å². The monoisotopic (exact) mass is 373 g/mol. The van der Waals surface area contributed by atoms with E-state index < -0.39 is 24.3 Å². The van der Waals surface area contributed by atoms with Crippen LogP contribution in [0.5, 0.6) is 0 Å². The van der Waals surface area contributed by atoms with E-state index in [9.17, 15) is 20.1 Å². The molecule has 1 aliphatic rings. The number of hydrogen-bond donors (Lipinski definition) is 4. The van der Waals surface area contributed by atoms with Gasteiger partial charge in [-0.15, -0.1) is 0 Å². The van der Waals surface area contributed by atoms with Crippen molar-refractivity contribution < 1.29 is 20.1 Å². The summed E-state index contributed by atoms with van der Waals surface area (Å²) in [6, 6.07) is 8.52. The van der Waals surface area contributed by atoms with Gasteiger partial charge in [0.2, 0.25) is 5.91 Å². The van der Waals surface area contributed by atoms with Gasteiger partial charge in [0.25, 0.3) is 0 Å². The minimum atomic E-state index is -1.23. The van der Waals surface area contributed by atoms with Crippen LogP contribution in [0.3, 0.4) is 0 Å². The molecule has 0 saturated heterocycles. The molecule has 0 radical (unpaired) electrons. The Labute approximate surface area is 158 Å². The van der Waals surface area contributed by atoms with Crippen molar-refractivity contribution in [2.45, 2.75) is 51.0 Å². The first-order chi connectivity index (χ1) is 12.9. The van der Waals surface area contributed by atoms with Crippen LogP contribution in [0.25, 0.3) is 0 Å². The van der Waals surface area contributed by atoms with Crippen molar-refractivity contribution in [2.75, 3.05) is 6.61 Å². The molecule has 1 amide bonds. The normalized spacial score (nSPS) is 24.7. The fourth-order valence-corrected chi connectivity index (χ4v) is 3.40. The van der Waals surface area contributed by atoms with E-state index in [4.69, 9.17) is 0 Å². The predicted octanol–water partition coefficient (Wildman–Crippen LogP) is 0.750. The fraction of sp³-hybridized carbons (Fsp3) is 0.500. The molecule has 146 valence electrons. The van der Waals surface area contributed by atoms with Crippen molar-refractivity contribution in [1.82, 2.24) is 14.9 Å². The first-order valence-corrected chi connectivity index (χ1v) is 9.31. The Bertz CT molecular complexity index is 775. The summed E-state index contributed by atoms with van der Waals surface area (Å²) in [5.74, 6) is -0.0242. The van der Waals surface area contributed by atoms with Gasteiger partial charge in [0.1, 0.15) is 24.1 Å². The molecule has 1 aromatic heterocycles. The van der Waals surface area contributed by atoms with E-state index in [0.29, 0.717) is 12.2 Å². The predicted molar refractivity (Wildman–Crippen MR) is 99.9 cm³/mol. The molecule has 7 nitrogen and oxygen atoms in total. The van der Waals surface area contributed by atoms with Crippen LogP contribution in [0.2, 0.25) is 0 Å². The van der Waals surface area contributed by atoms with Gasteiger partial charge in [-0.2, -0.15) is 0 Å². The molecule has 0 bridgehead atoms. The molecule has 7 heteroatoms. The summed E-state index contributed by atoms with van der Waals surface area (Å²) in [6.07, 6.45) is 0.842. The molecular weight excluding hydrogens is 346 g/mol. The second-order valence-electron chi connectivity index (χ2n) is 7.36. The van der Waals surface area contributed by atoms with Gasteiger partial charge in [0, 0.05) is 12.1 Å². The third-order valence-corrected chi connectivity index (χ3v) is 5.05. The molecule has 4 N–H and O–H groups in total. The Kier molecular flexibility index (Phi) is 5.94. The first-order valence-electron chi connectivity index (χ1n) is 9.31. The molecule has 0 spiro atoms. The number of aryl methyl sites for hydroxylation is 2. The summed E-state index contributed by atoms with van der Waals surface area (Å²) in [7, 11) is 0. The lowest BCUT2D eigenvalue weighted by Crippen LogP contribution is -2.52. The molecule has 3 rings (SSSR count). The largest absolute Gasteiger partial charge is 0.394 e. The molecule has 2 aromatic rings. The lowest BCUT2D eigenvalue weighted by molar-refractivity contribution is -0.128. The Morgan fingerprint density at radius 3 is 2.52 bits per heavy atom. The number of aromatic nitrogens is 2. The zero-order chi connectivity index (χ0) is 19.6. The van der Waals surface area contributed by atoms with Gasteiger partial charge in [-0.1, -0.05) is 44.2 Å². The lowest BCUT2D eigenvalue weighted by atomic mass is 9.93. The summed E-state index contributed by atoms with van der Waals surface area (Å²) in [4.78, 5) is 16.8. The molecule has 0 fully saturated rings. The number of aliphatic hydroxyl groups excluding tert-OH is 3. The maximum absolute atomic E-state index is 12.2. The highest BCUT2D eigenvalue weighted by Gasteiger charge is 2.43. The van der Waals surface area contributed by atoms with Crippen LogP contribution in [-0.2, 0) is 17.6 Å². The molecule has 27 heavy (non-hydrogen) atoms. The number of rotatable bonds is 6. The van der Waals surface area contributed by atoms with Crippen LogP contribution >= 0.6 is 0 Å². The zero-order valence-corrected chi connectivity index (χ0v) is 15.6. The van der Waals surface area contributed by atoms with E-state index in [1.165, 1.54) is 5.56 Å². The molecule has 1 aliphatic heterocycles. The number of imidazole rings is 1. The average molecular weight is 373 g/mol. The number of nitrogens with one attached hydrogen (secondary N) is 1. The van der Waals surface area contributed by atoms with Gasteiger partial charge in [-0.3, -0.25) is 4.79 Å². The van der Waals surface area contributed by atoms with Crippen molar-refractivity contribution in [3.05, 3.63) is 53.6 Å². The molecule has 2 heterocycles. The number of benzene rings is 1. The quantitative estimate of drug-likeness (QED) is 0.598. The van der Waals surface area contributed by atoms with E-state index in [1.807, 2.05) is 30.3 Å². The highest BCUT2D eigenvalue weighted by molar-refractivity contribution is 5.78. The number of hydrogen-bond acceptors (Lipinski definition) is 5. The summed E-state index contributed by atoms with van der Waals surface area (Å²) in [5, 5.41) is 33.4. The van der Waals surface area contributed by atoms with E-state index in [1.54, 1.807) is 24.6 Å². The van der Waals surface area contributed by atoms with Gasteiger partial charge in [0.15, 0.2) is 0 Å². The van der Waals surface area contributed by atoms with Crippen LogP contribution in [0.1, 0.15) is 43.0 Å². The number of aliphatic hydroxyl groups is 3. The van der Waals surface area contributed by atoms with E-state index in [0.717, 1.165) is 12.1 Å². The molecule has 0 aliphatic carbocycles. The molecule has 4 atom stereocenters. The number of nitrogens with zero attached hydrogens (tertiary/aromatic N) is 2. The standard InChI is InChI=1S/C20H27N3O4/c1-12(2)20(27)22-16-18(26)17(25)15(11-24)23-10-14(21-19(16)23)9-8-13-6-4-3-5-7-13/h3-7,10,12,15-18,24-26H,8-9,11H2,1-2H3,(H,22,27)/t15?,16-,17+,18+/m0/s1. The van der Waals surface area contributed by atoms with Crippen LogP contribution in [0.15, 0.2) is 36.5 Å². The zero-order valence-electron chi connectivity index (χ0n) is 15.6. The summed E-state index contributed by atoms with van der Waals surface area (Å²) in [5.41, 5.74) is 1.98. The highest BCUT2D eigenvalue weighted by atomic mass is 16.3. The van der Waals surface area contributed by atoms with Gasteiger partial charge in [-0.25, -0.2) is 4.98 Å². The SMILES string of the molecule is CC(C)C(=O)N[C@@H]1c2nc(CCc3ccccc3)cn2C(CO)[C@@H](O)[C@@H]1O. The van der Waals surface area contributed by atoms with Crippen molar-refractivity contribution in [1.29, 1.82) is 0 Å². The molecule has 1 aromatic carbocycles. The Morgan fingerprint density at radius 2 is 1.89 bits per heavy atom. The fourth-order valence-electron chi connectivity index (χ4n) is 3.40. The summed E-state index contributed by atoms with van der Waals surface area (Å²) in [6.45, 7) is 3.19. The topological polar surface area (TPSA) is 108 Å². The first kappa shape index (κ1) is 19.5. The second-order valence-corrected chi connectivity index (χ2v) is 7.36. The van der Waals surface area contributed by atoms with Crippen molar-refractivity contribution in [2.24, 2.45) is 5.92 Å². The third kappa shape index (κ3) is 4.05. The number of carbonyl (C=O) groups is 1. The smallest absolute Gasteiger partial charge is 0.223 e. The molecule has 1 unspecified atom stereocenters. The van der Waals surface area contributed by atoms with Gasteiger partial charge in [0.05, 0.1) is 18.3 Å². The minimum absolute atomic E-state index is 0.228. The number of amides is 1. The van der Waals surface area contributed by atoms with Crippen LogP contribution < -0.4 is 5.32 Å². The van der Waals surface area contributed by atoms with E-state index >= 15 is 0 Å². The van der Waals surface area contributed by atoms with Gasteiger partial charge < -0.3 is 25.2 Å². The number of fused-ring (bicyclic) bond motifs is 1. The van der Waals surface area contributed by atoms with E-state index in [-0.39, 0.29) is 18.4 Å². The molecule has 0 saturated carbocycles. The van der Waals surface area contributed by atoms with Gasteiger partial charge in [-0.05, 0) is 18.4 Å². The summed E-state index contributed by atoms with van der Waals surface area (Å²) >= 11 is 0. The number of carbonyl (C=O) groups excluding carboxylic acids is 1. The van der Waals surface area contributed by atoms with Crippen LogP contribution in [0, 0.1) is 5.92 Å². The average Bonchev–Trinajstić information content (AvgIpc) is 3.08. The lowest BCUT2D eigenvalue weighted by Gasteiger charge is -2.38. The second kappa shape index (κ2) is 8.21. The maximum atomic E-state index is 12.2. The minimum Gasteiger partial charge on any atom is -0.394 e. The Balaban J connectivity index is 1.87. The van der Waals surface area contributed by atoms with E-state index in [2.05, 4.69) is 10.3 Å². The summed E-state index contributed by atoms with van der Waals surface area (Å²) < 4.78 is 1.68. The Hall–Kier alpha value is -2.22. The maximum Gasteiger partial charge on any atom is 0.223 e.